The Morgan fingerprint density at radius 1 is 1.65 bits per heavy atom. The Morgan fingerprint density at radius 2 is 2.47 bits per heavy atom. The summed E-state index contributed by atoms with van der Waals surface area (Å²) in [6, 6.07) is 0. The maximum absolute atomic E-state index is 5.78. The van der Waals surface area contributed by atoms with Gasteiger partial charge in [0, 0.05) is 30.3 Å². The summed E-state index contributed by atoms with van der Waals surface area (Å²) in [5, 5.41) is 3.48. The minimum absolute atomic E-state index is 0.454. The Balaban J connectivity index is 2.06. The third-order valence-corrected chi connectivity index (χ3v) is 4.73. The van der Waals surface area contributed by atoms with Crippen LogP contribution in [0.2, 0.25) is 0 Å². The first-order chi connectivity index (χ1) is 8.24. The highest BCUT2D eigenvalue weighted by Crippen LogP contribution is 2.30. The number of thiazole rings is 1. The van der Waals surface area contributed by atoms with Gasteiger partial charge in [-0.2, -0.15) is 0 Å². The van der Waals surface area contributed by atoms with E-state index in [2.05, 4.69) is 24.3 Å². The van der Waals surface area contributed by atoms with Crippen LogP contribution < -0.4 is 5.73 Å². The van der Waals surface area contributed by atoms with E-state index in [4.69, 9.17) is 10.7 Å². The molecular formula is C13H23N3S. The molecule has 0 aliphatic carbocycles. The molecule has 0 aromatic carbocycles. The highest BCUT2D eigenvalue weighted by molar-refractivity contribution is 7.09. The largest absolute Gasteiger partial charge is 0.330 e. The zero-order valence-corrected chi connectivity index (χ0v) is 11.7. The van der Waals surface area contributed by atoms with E-state index in [-0.39, 0.29) is 0 Å². The summed E-state index contributed by atoms with van der Waals surface area (Å²) in [5.74, 6) is 1.09. The molecule has 96 valence electrons. The standard InChI is InChI=1S/C13H23N3S/c1-3-10(7-14)13-15-12(9-17-13)11-5-4-6-16(2)8-11/h9-11H,3-8,14H2,1-2H3. The van der Waals surface area contributed by atoms with Gasteiger partial charge in [-0.3, -0.25) is 0 Å². The van der Waals surface area contributed by atoms with E-state index in [1.807, 2.05) is 0 Å². The van der Waals surface area contributed by atoms with Crippen molar-refractivity contribution in [3.05, 3.63) is 16.1 Å². The second-order valence-corrected chi connectivity index (χ2v) is 5.94. The Kier molecular flexibility index (Phi) is 4.54. The first kappa shape index (κ1) is 13.0. The lowest BCUT2D eigenvalue weighted by Gasteiger charge is -2.28. The number of aromatic nitrogens is 1. The molecule has 2 heterocycles. The summed E-state index contributed by atoms with van der Waals surface area (Å²) >= 11 is 1.79. The quantitative estimate of drug-likeness (QED) is 0.896. The van der Waals surface area contributed by atoms with Crippen molar-refractivity contribution in [2.75, 3.05) is 26.7 Å². The predicted molar refractivity (Wildman–Crippen MR) is 73.7 cm³/mol. The van der Waals surface area contributed by atoms with Gasteiger partial charge in [0.05, 0.1) is 10.7 Å². The number of hydrogen-bond donors (Lipinski definition) is 1. The molecule has 1 aromatic rings. The van der Waals surface area contributed by atoms with Crippen molar-refractivity contribution in [2.45, 2.75) is 38.0 Å². The number of hydrogen-bond acceptors (Lipinski definition) is 4. The van der Waals surface area contributed by atoms with Gasteiger partial charge >= 0.3 is 0 Å². The van der Waals surface area contributed by atoms with E-state index in [1.165, 1.54) is 30.1 Å². The minimum Gasteiger partial charge on any atom is -0.330 e. The van der Waals surface area contributed by atoms with E-state index in [9.17, 15) is 0 Å². The third kappa shape index (κ3) is 3.06. The molecule has 1 aliphatic heterocycles. The molecule has 2 atom stereocenters. The van der Waals surface area contributed by atoms with Crippen molar-refractivity contribution < 1.29 is 0 Å². The topological polar surface area (TPSA) is 42.1 Å². The van der Waals surface area contributed by atoms with Crippen molar-refractivity contribution in [1.82, 2.24) is 9.88 Å². The van der Waals surface area contributed by atoms with E-state index < -0.39 is 0 Å². The lowest BCUT2D eigenvalue weighted by atomic mass is 9.96. The lowest BCUT2D eigenvalue weighted by Crippen LogP contribution is -2.31. The van der Waals surface area contributed by atoms with Gasteiger partial charge in [-0.05, 0) is 32.9 Å². The smallest absolute Gasteiger partial charge is 0.0971 e. The maximum atomic E-state index is 5.78. The molecule has 0 saturated carbocycles. The van der Waals surface area contributed by atoms with E-state index in [0.29, 0.717) is 18.4 Å². The van der Waals surface area contributed by atoms with E-state index >= 15 is 0 Å². The second-order valence-electron chi connectivity index (χ2n) is 5.05. The lowest BCUT2D eigenvalue weighted by molar-refractivity contribution is 0.248. The Bertz CT molecular complexity index is 346. The fourth-order valence-corrected chi connectivity index (χ4v) is 3.63. The van der Waals surface area contributed by atoms with Crippen LogP contribution in [0.5, 0.6) is 0 Å². The molecule has 3 nitrogen and oxygen atoms in total. The van der Waals surface area contributed by atoms with Gasteiger partial charge in [0.25, 0.3) is 0 Å². The summed E-state index contributed by atoms with van der Waals surface area (Å²) < 4.78 is 0. The SMILES string of the molecule is CCC(CN)c1nc(C2CCCN(C)C2)cs1. The van der Waals surface area contributed by atoms with Crippen LogP contribution in [0, 0.1) is 0 Å². The average molecular weight is 253 g/mol. The second kappa shape index (κ2) is 5.94. The van der Waals surface area contributed by atoms with Crippen LogP contribution in [0.15, 0.2) is 5.38 Å². The van der Waals surface area contributed by atoms with Crippen LogP contribution in [0.25, 0.3) is 0 Å². The zero-order valence-electron chi connectivity index (χ0n) is 10.9. The monoisotopic (exact) mass is 253 g/mol. The maximum Gasteiger partial charge on any atom is 0.0971 e. The van der Waals surface area contributed by atoms with Crippen LogP contribution in [-0.4, -0.2) is 36.6 Å². The molecule has 0 amide bonds. The first-order valence-electron chi connectivity index (χ1n) is 6.58. The van der Waals surface area contributed by atoms with E-state index in [0.717, 1.165) is 13.0 Å². The predicted octanol–water partition coefficient (Wildman–Crippen LogP) is 2.40. The molecule has 0 spiro atoms. The number of likely N-dealkylation sites (N-methyl/N-ethyl adjacent to an activating group) is 1. The van der Waals surface area contributed by atoms with Crippen molar-refractivity contribution in [3.63, 3.8) is 0 Å². The van der Waals surface area contributed by atoms with Crippen LogP contribution in [0.4, 0.5) is 0 Å². The Labute approximate surface area is 108 Å². The summed E-state index contributed by atoms with van der Waals surface area (Å²) in [7, 11) is 2.20. The molecule has 2 N–H and O–H groups in total. The van der Waals surface area contributed by atoms with Crippen molar-refractivity contribution in [1.29, 1.82) is 0 Å². The van der Waals surface area contributed by atoms with Crippen molar-refractivity contribution in [3.8, 4) is 0 Å². The van der Waals surface area contributed by atoms with Gasteiger partial charge < -0.3 is 10.6 Å². The normalized spacial score (nSPS) is 23.8. The van der Waals surface area contributed by atoms with Crippen LogP contribution in [-0.2, 0) is 0 Å². The zero-order chi connectivity index (χ0) is 12.3. The average Bonchev–Trinajstić information content (AvgIpc) is 2.80. The van der Waals surface area contributed by atoms with Crippen molar-refractivity contribution in [2.24, 2.45) is 5.73 Å². The van der Waals surface area contributed by atoms with Gasteiger partial charge in [-0.15, -0.1) is 11.3 Å². The minimum atomic E-state index is 0.454. The summed E-state index contributed by atoms with van der Waals surface area (Å²) in [4.78, 5) is 7.23. The molecule has 4 heteroatoms. The molecule has 1 saturated heterocycles. The molecule has 1 aliphatic rings. The summed E-state index contributed by atoms with van der Waals surface area (Å²) in [6.07, 6.45) is 3.67. The molecular weight excluding hydrogens is 230 g/mol. The van der Waals surface area contributed by atoms with Crippen molar-refractivity contribution >= 4 is 11.3 Å². The highest BCUT2D eigenvalue weighted by atomic mass is 32.1. The van der Waals surface area contributed by atoms with E-state index in [1.54, 1.807) is 11.3 Å². The molecule has 1 fully saturated rings. The molecule has 0 radical (unpaired) electrons. The van der Waals surface area contributed by atoms with Crippen LogP contribution in [0.1, 0.15) is 48.7 Å². The van der Waals surface area contributed by atoms with Crippen LogP contribution in [0.3, 0.4) is 0 Å². The van der Waals surface area contributed by atoms with Gasteiger partial charge in [0.15, 0.2) is 0 Å². The van der Waals surface area contributed by atoms with Crippen LogP contribution >= 0.6 is 11.3 Å². The Morgan fingerprint density at radius 3 is 3.12 bits per heavy atom. The fourth-order valence-electron chi connectivity index (χ4n) is 2.53. The summed E-state index contributed by atoms with van der Waals surface area (Å²) in [6.45, 7) is 5.29. The number of nitrogens with zero attached hydrogens (tertiary/aromatic N) is 2. The highest BCUT2D eigenvalue weighted by Gasteiger charge is 2.22. The first-order valence-corrected chi connectivity index (χ1v) is 7.46. The number of likely N-dealkylation sites (tertiary alicyclic amines) is 1. The molecule has 2 unspecified atom stereocenters. The van der Waals surface area contributed by atoms with Gasteiger partial charge in [-0.1, -0.05) is 6.92 Å². The molecule has 1 aromatic heterocycles. The fraction of sp³-hybridized carbons (Fsp3) is 0.769. The molecule has 2 rings (SSSR count). The van der Waals surface area contributed by atoms with Gasteiger partial charge in [-0.25, -0.2) is 4.98 Å². The molecule has 0 bridgehead atoms. The summed E-state index contributed by atoms with van der Waals surface area (Å²) in [5.41, 5.74) is 7.08. The number of nitrogens with two attached hydrogens (primary N) is 1. The van der Waals surface area contributed by atoms with Gasteiger partial charge in [0.2, 0.25) is 0 Å². The number of rotatable bonds is 4. The Hall–Kier alpha value is -0.450. The molecule has 17 heavy (non-hydrogen) atoms. The third-order valence-electron chi connectivity index (χ3n) is 3.71. The van der Waals surface area contributed by atoms with Gasteiger partial charge in [0.1, 0.15) is 0 Å². The number of piperidine rings is 1.